The average Bonchev–Trinajstić information content (AvgIpc) is 2.39. The van der Waals surface area contributed by atoms with Gasteiger partial charge in [0.05, 0.1) is 0 Å². The molecule has 4 heteroatoms. The van der Waals surface area contributed by atoms with Crippen molar-refractivity contribution in [2.75, 3.05) is 26.2 Å². The lowest BCUT2D eigenvalue weighted by Gasteiger charge is -2.35. The van der Waals surface area contributed by atoms with Crippen LogP contribution in [0.1, 0.15) is 19.4 Å². The van der Waals surface area contributed by atoms with Gasteiger partial charge in [0.1, 0.15) is 0 Å². The molecule has 0 saturated carbocycles. The van der Waals surface area contributed by atoms with Gasteiger partial charge in [-0.2, -0.15) is 0 Å². The third-order valence-electron chi connectivity index (χ3n) is 3.47. The summed E-state index contributed by atoms with van der Waals surface area (Å²) in [4.78, 5) is 16.2. The van der Waals surface area contributed by atoms with Crippen LogP contribution in [0.3, 0.4) is 0 Å². The molecule has 0 spiro atoms. The molecule has 0 atom stereocenters. The molecule has 0 N–H and O–H groups in total. The van der Waals surface area contributed by atoms with Gasteiger partial charge in [-0.3, -0.25) is 9.69 Å². The highest BCUT2D eigenvalue weighted by atomic mass is 35.5. The molecule has 3 nitrogen and oxygen atoms in total. The predicted octanol–water partition coefficient (Wildman–Crippen LogP) is 2.64. The minimum absolute atomic E-state index is 0.0967. The normalized spacial score (nSPS) is 16.9. The first kappa shape index (κ1) is 14.4. The zero-order chi connectivity index (χ0) is 13.8. The summed E-state index contributed by atoms with van der Waals surface area (Å²) >= 11 is 5.99. The van der Waals surface area contributed by atoms with Crippen molar-refractivity contribution in [3.63, 3.8) is 0 Å². The fraction of sp³-hybridized carbons (Fsp3) is 0.533. The second-order valence-electron chi connectivity index (χ2n) is 5.39. The highest BCUT2D eigenvalue weighted by molar-refractivity contribution is 6.30. The van der Waals surface area contributed by atoms with E-state index in [1.165, 1.54) is 5.56 Å². The van der Waals surface area contributed by atoms with Gasteiger partial charge in [0.2, 0.25) is 5.91 Å². The standard InChI is InChI=1S/C15H21ClN2O/c1-12(2)15(19)18-8-6-17(7-9-18)11-13-4-3-5-14(16)10-13/h3-5,10,12H,6-9,11H2,1-2H3. The summed E-state index contributed by atoms with van der Waals surface area (Å²) in [5.41, 5.74) is 1.23. The van der Waals surface area contributed by atoms with Gasteiger partial charge in [0, 0.05) is 43.7 Å². The first-order chi connectivity index (χ1) is 9.06. The minimum Gasteiger partial charge on any atom is -0.340 e. The van der Waals surface area contributed by atoms with Crippen LogP contribution in [0.15, 0.2) is 24.3 Å². The Morgan fingerprint density at radius 1 is 1.26 bits per heavy atom. The molecule has 0 radical (unpaired) electrons. The smallest absolute Gasteiger partial charge is 0.225 e. The van der Waals surface area contributed by atoms with Gasteiger partial charge in [-0.15, -0.1) is 0 Å². The maximum atomic E-state index is 11.9. The summed E-state index contributed by atoms with van der Waals surface area (Å²) in [6.45, 7) is 8.36. The molecule has 0 unspecified atom stereocenters. The third-order valence-corrected chi connectivity index (χ3v) is 3.71. The molecule has 1 saturated heterocycles. The van der Waals surface area contributed by atoms with E-state index in [9.17, 15) is 4.79 Å². The highest BCUT2D eigenvalue weighted by Gasteiger charge is 2.22. The van der Waals surface area contributed by atoms with Crippen LogP contribution in [0.25, 0.3) is 0 Å². The maximum Gasteiger partial charge on any atom is 0.225 e. The van der Waals surface area contributed by atoms with Crippen molar-refractivity contribution in [3.8, 4) is 0 Å². The first-order valence-corrected chi connectivity index (χ1v) is 7.19. The second kappa shape index (κ2) is 6.40. The average molecular weight is 281 g/mol. The highest BCUT2D eigenvalue weighted by Crippen LogP contribution is 2.14. The molecule has 19 heavy (non-hydrogen) atoms. The van der Waals surface area contributed by atoms with E-state index in [0.29, 0.717) is 0 Å². The van der Waals surface area contributed by atoms with Gasteiger partial charge >= 0.3 is 0 Å². The van der Waals surface area contributed by atoms with Crippen LogP contribution in [0.4, 0.5) is 0 Å². The second-order valence-corrected chi connectivity index (χ2v) is 5.82. The van der Waals surface area contributed by atoms with Gasteiger partial charge in [-0.25, -0.2) is 0 Å². The Bertz CT molecular complexity index is 440. The largest absolute Gasteiger partial charge is 0.340 e. The molecular formula is C15H21ClN2O. The van der Waals surface area contributed by atoms with Crippen molar-refractivity contribution in [3.05, 3.63) is 34.9 Å². The third kappa shape index (κ3) is 3.95. The van der Waals surface area contributed by atoms with Crippen LogP contribution in [0.2, 0.25) is 5.02 Å². The van der Waals surface area contributed by atoms with Crippen LogP contribution in [0, 0.1) is 5.92 Å². The lowest BCUT2D eigenvalue weighted by molar-refractivity contribution is -0.136. The molecule has 0 bridgehead atoms. The van der Waals surface area contributed by atoms with E-state index < -0.39 is 0 Å². The van der Waals surface area contributed by atoms with Gasteiger partial charge in [0.15, 0.2) is 0 Å². The molecule has 0 aromatic heterocycles. The van der Waals surface area contributed by atoms with Gasteiger partial charge < -0.3 is 4.90 Å². The Morgan fingerprint density at radius 2 is 1.95 bits per heavy atom. The van der Waals surface area contributed by atoms with Crippen molar-refractivity contribution in [1.29, 1.82) is 0 Å². The number of halogens is 1. The van der Waals surface area contributed by atoms with E-state index in [-0.39, 0.29) is 11.8 Å². The summed E-state index contributed by atoms with van der Waals surface area (Å²) in [6, 6.07) is 7.98. The lowest BCUT2D eigenvalue weighted by atomic mass is 10.1. The van der Waals surface area contributed by atoms with E-state index in [0.717, 1.165) is 37.7 Å². The zero-order valence-electron chi connectivity index (χ0n) is 11.6. The number of hydrogen-bond acceptors (Lipinski definition) is 2. The topological polar surface area (TPSA) is 23.6 Å². The Kier molecular flexibility index (Phi) is 4.83. The van der Waals surface area contributed by atoms with Crippen molar-refractivity contribution in [2.45, 2.75) is 20.4 Å². The van der Waals surface area contributed by atoms with Crippen LogP contribution >= 0.6 is 11.6 Å². The van der Waals surface area contributed by atoms with Crippen molar-refractivity contribution in [2.24, 2.45) is 5.92 Å². The molecule has 2 rings (SSSR count). The SMILES string of the molecule is CC(C)C(=O)N1CCN(Cc2cccc(Cl)c2)CC1. The van der Waals surface area contributed by atoms with E-state index in [1.807, 2.05) is 36.9 Å². The molecule has 1 fully saturated rings. The Hall–Kier alpha value is -1.06. The predicted molar refractivity (Wildman–Crippen MR) is 78.1 cm³/mol. The van der Waals surface area contributed by atoms with Crippen LogP contribution in [0.5, 0.6) is 0 Å². The summed E-state index contributed by atoms with van der Waals surface area (Å²) in [5.74, 6) is 0.363. The Labute approximate surface area is 120 Å². The lowest BCUT2D eigenvalue weighted by Crippen LogP contribution is -2.49. The van der Waals surface area contributed by atoms with E-state index in [4.69, 9.17) is 11.6 Å². The summed E-state index contributed by atoms with van der Waals surface area (Å²) in [5, 5.41) is 0.783. The number of hydrogen-bond donors (Lipinski definition) is 0. The number of amides is 1. The van der Waals surface area contributed by atoms with Crippen molar-refractivity contribution >= 4 is 17.5 Å². The molecule has 1 aliphatic rings. The molecule has 104 valence electrons. The number of carbonyl (C=O) groups excluding carboxylic acids is 1. The number of carbonyl (C=O) groups is 1. The number of piperazine rings is 1. The van der Waals surface area contributed by atoms with Gasteiger partial charge in [-0.05, 0) is 17.7 Å². The van der Waals surface area contributed by atoms with Crippen LogP contribution < -0.4 is 0 Å². The van der Waals surface area contributed by atoms with E-state index >= 15 is 0 Å². The summed E-state index contributed by atoms with van der Waals surface area (Å²) in [6.07, 6.45) is 0. The van der Waals surface area contributed by atoms with E-state index in [1.54, 1.807) is 0 Å². The van der Waals surface area contributed by atoms with Crippen molar-refractivity contribution in [1.82, 2.24) is 9.80 Å². The van der Waals surface area contributed by atoms with Crippen LogP contribution in [-0.4, -0.2) is 41.9 Å². The first-order valence-electron chi connectivity index (χ1n) is 6.82. The molecule has 1 aromatic carbocycles. The number of benzene rings is 1. The van der Waals surface area contributed by atoms with Crippen LogP contribution in [-0.2, 0) is 11.3 Å². The Balaban J connectivity index is 1.85. The fourth-order valence-electron chi connectivity index (χ4n) is 2.39. The van der Waals surface area contributed by atoms with Crippen molar-refractivity contribution < 1.29 is 4.79 Å². The Morgan fingerprint density at radius 3 is 2.53 bits per heavy atom. The summed E-state index contributed by atoms with van der Waals surface area (Å²) in [7, 11) is 0. The minimum atomic E-state index is 0.0967. The van der Waals surface area contributed by atoms with Gasteiger partial charge in [-0.1, -0.05) is 37.6 Å². The monoisotopic (exact) mass is 280 g/mol. The van der Waals surface area contributed by atoms with E-state index in [2.05, 4.69) is 11.0 Å². The number of rotatable bonds is 3. The molecule has 1 aliphatic heterocycles. The fourth-order valence-corrected chi connectivity index (χ4v) is 2.60. The maximum absolute atomic E-state index is 11.9. The quantitative estimate of drug-likeness (QED) is 0.850. The molecule has 1 heterocycles. The molecule has 0 aliphatic carbocycles. The zero-order valence-corrected chi connectivity index (χ0v) is 12.4. The molecule has 1 amide bonds. The summed E-state index contributed by atoms with van der Waals surface area (Å²) < 4.78 is 0. The molecular weight excluding hydrogens is 260 g/mol. The van der Waals surface area contributed by atoms with Gasteiger partial charge in [0.25, 0.3) is 0 Å². The molecule has 1 aromatic rings. The number of nitrogens with zero attached hydrogens (tertiary/aromatic N) is 2.